The van der Waals surface area contributed by atoms with E-state index in [9.17, 15) is 14.7 Å². The fraction of sp³-hybridized carbons (Fsp3) is 0.125. The lowest BCUT2D eigenvalue weighted by molar-refractivity contribution is -0.115. The summed E-state index contributed by atoms with van der Waals surface area (Å²) in [4.78, 5) is 28.9. The number of halogens is 1. The Morgan fingerprint density at radius 1 is 1.16 bits per heavy atom. The number of benzene rings is 2. The van der Waals surface area contributed by atoms with Gasteiger partial charge in [0.05, 0.1) is 21.2 Å². The number of thioether (sulfide) groups is 1. The average molecular weight is 466 g/mol. The number of carboxylic acids is 1. The second-order valence-electron chi connectivity index (χ2n) is 7.40. The van der Waals surface area contributed by atoms with Crippen LogP contribution in [0.15, 0.2) is 58.4 Å². The van der Waals surface area contributed by atoms with E-state index >= 15 is 0 Å². The molecular formula is C24H20ClN3O3S. The summed E-state index contributed by atoms with van der Waals surface area (Å²) in [5.74, 6) is -1.26. The third kappa shape index (κ3) is 4.22. The molecule has 1 aliphatic rings. The number of nitrogens with zero attached hydrogens (tertiary/aromatic N) is 2. The van der Waals surface area contributed by atoms with Crippen molar-refractivity contribution in [1.29, 1.82) is 0 Å². The zero-order chi connectivity index (χ0) is 23.0. The molecule has 1 aliphatic heterocycles. The molecule has 8 heteroatoms. The minimum absolute atomic E-state index is 0.0553. The number of aryl methyl sites for hydroxylation is 2. The number of aromatic carboxylic acids is 1. The molecule has 32 heavy (non-hydrogen) atoms. The number of amidine groups is 1. The Labute approximate surface area is 194 Å². The third-order valence-electron chi connectivity index (χ3n) is 5.19. The first-order valence-corrected chi connectivity index (χ1v) is 11.0. The largest absolute Gasteiger partial charge is 0.478 e. The summed E-state index contributed by atoms with van der Waals surface area (Å²) in [5, 5.41) is 12.7. The third-order valence-corrected chi connectivity index (χ3v) is 6.41. The lowest BCUT2D eigenvalue weighted by Gasteiger charge is -2.11. The van der Waals surface area contributed by atoms with Crippen LogP contribution in [0, 0.1) is 20.8 Å². The highest BCUT2D eigenvalue weighted by Crippen LogP contribution is 2.31. The van der Waals surface area contributed by atoms with Crippen LogP contribution in [0.1, 0.15) is 32.9 Å². The van der Waals surface area contributed by atoms with Crippen LogP contribution in [0.5, 0.6) is 0 Å². The van der Waals surface area contributed by atoms with Gasteiger partial charge in [-0.1, -0.05) is 29.8 Å². The molecule has 0 spiro atoms. The van der Waals surface area contributed by atoms with E-state index in [1.165, 1.54) is 17.8 Å². The van der Waals surface area contributed by atoms with Crippen LogP contribution in [0.3, 0.4) is 0 Å². The van der Waals surface area contributed by atoms with Crippen molar-refractivity contribution in [3.63, 3.8) is 0 Å². The predicted molar refractivity (Wildman–Crippen MR) is 129 cm³/mol. The second-order valence-corrected chi connectivity index (χ2v) is 8.84. The maximum atomic E-state index is 12.5. The SMILES string of the molecule is Cc1ccccc1N=C1NC(=O)/C(=C/c2cc(C)n(-c3ccc(C(=O)O)c(Cl)c3)c2C)S1. The highest BCUT2D eigenvalue weighted by atomic mass is 35.5. The second kappa shape index (κ2) is 8.68. The summed E-state index contributed by atoms with van der Waals surface area (Å²) in [6.45, 7) is 5.86. The molecule has 2 heterocycles. The molecule has 1 aromatic heterocycles. The molecular weight excluding hydrogens is 446 g/mol. The normalized spacial score (nSPS) is 16.1. The summed E-state index contributed by atoms with van der Waals surface area (Å²) >= 11 is 7.46. The molecule has 6 nitrogen and oxygen atoms in total. The van der Waals surface area contributed by atoms with E-state index in [0.717, 1.165) is 33.9 Å². The summed E-state index contributed by atoms with van der Waals surface area (Å²) in [5.41, 5.74) is 5.39. The van der Waals surface area contributed by atoms with Crippen LogP contribution in [0.4, 0.5) is 5.69 Å². The molecule has 1 fully saturated rings. The number of para-hydroxylation sites is 1. The van der Waals surface area contributed by atoms with E-state index in [-0.39, 0.29) is 16.5 Å². The molecule has 1 amide bonds. The van der Waals surface area contributed by atoms with Gasteiger partial charge < -0.3 is 15.0 Å². The Morgan fingerprint density at radius 2 is 1.91 bits per heavy atom. The van der Waals surface area contributed by atoms with E-state index in [1.807, 2.05) is 61.7 Å². The van der Waals surface area contributed by atoms with Crippen LogP contribution in [0.25, 0.3) is 11.8 Å². The van der Waals surface area contributed by atoms with Gasteiger partial charge in [0.2, 0.25) is 0 Å². The van der Waals surface area contributed by atoms with E-state index < -0.39 is 5.97 Å². The fourth-order valence-corrected chi connectivity index (χ4v) is 4.65. The van der Waals surface area contributed by atoms with Crippen molar-refractivity contribution in [1.82, 2.24) is 9.88 Å². The van der Waals surface area contributed by atoms with Gasteiger partial charge in [0, 0.05) is 17.1 Å². The van der Waals surface area contributed by atoms with Crippen LogP contribution in [-0.2, 0) is 4.79 Å². The zero-order valence-electron chi connectivity index (χ0n) is 17.6. The van der Waals surface area contributed by atoms with Gasteiger partial charge in [0.25, 0.3) is 5.91 Å². The minimum Gasteiger partial charge on any atom is -0.478 e. The molecule has 0 aliphatic carbocycles. The highest BCUT2D eigenvalue weighted by Gasteiger charge is 2.25. The molecule has 1 saturated heterocycles. The maximum Gasteiger partial charge on any atom is 0.337 e. The molecule has 2 N–H and O–H groups in total. The van der Waals surface area contributed by atoms with E-state index in [2.05, 4.69) is 10.3 Å². The Balaban J connectivity index is 1.66. The first kappa shape index (κ1) is 21.9. The van der Waals surface area contributed by atoms with Gasteiger partial charge in [-0.05, 0) is 80.1 Å². The van der Waals surface area contributed by atoms with E-state index in [4.69, 9.17) is 11.6 Å². The van der Waals surface area contributed by atoms with Crippen molar-refractivity contribution >= 4 is 52.2 Å². The van der Waals surface area contributed by atoms with Crippen LogP contribution in [0.2, 0.25) is 5.02 Å². The predicted octanol–water partition coefficient (Wildman–Crippen LogP) is 5.65. The smallest absolute Gasteiger partial charge is 0.337 e. The molecule has 2 aromatic carbocycles. The van der Waals surface area contributed by atoms with Gasteiger partial charge in [0.1, 0.15) is 0 Å². The molecule has 3 aromatic rings. The van der Waals surface area contributed by atoms with Gasteiger partial charge in [-0.25, -0.2) is 9.79 Å². The van der Waals surface area contributed by atoms with E-state index in [1.54, 1.807) is 12.1 Å². The number of carbonyl (C=O) groups is 2. The van der Waals surface area contributed by atoms with Gasteiger partial charge in [-0.15, -0.1) is 0 Å². The number of hydrogen-bond acceptors (Lipinski definition) is 4. The van der Waals surface area contributed by atoms with Crippen molar-refractivity contribution in [3.8, 4) is 5.69 Å². The quantitative estimate of drug-likeness (QED) is 0.488. The molecule has 0 unspecified atom stereocenters. The number of nitrogens with one attached hydrogen (secondary N) is 1. The topological polar surface area (TPSA) is 83.7 Å². The Bertz CT molecular complexity index is 1320. The summed E-state index contributed by atoms with van der Waals surface area (Å²) < 4.78 is 1.98. The van der Waals surface area contributed by atoms with Crippen molar-refractivity contribution in [3.05, 3.63) is 86.5 Å². The lowest BCUT2D eigenvalue weighted by atomic mass is 10.2. The Morgan fingerprint density at radius 3 is 2.59 bits per heavy atom. The van der Waals surface area contributed by atoms with Crippen molar-refractivity contribution in [2.45, 2.75) is 20.8 Å². The molecule has 162 valence electrons. The van der Waals surface area contributed by atoms with Crippen LogP contribution < -0.4 is 5.32 Å². The van der Waals surface area contributed by atoms with Crippen LogP contribution in [-0.4, -0.2) is 26.7 Å². The summed E-state index contributed by atoms with van der Waals surface area (Å²) in [7, 11) is 0. The minimum atomic E-state index is -1.07. The van der Waals surface area contributed by atoms with E-state index in [0.29, 0.717) is 10.1 Å². The highest BCUT2D eigenvalue weighted by molar-refractivity contribution is 8.18. The monoisotopic (exact) mass is 465 g/mol. The fourth-order valence-electron chi connectivity index (χ4n) is 3.57. The lowest BCUT2D eigenvalue weighted by Crippen LogP contribution is -2.19. The Hall–Kier alpha value is -3.29. The number of hydrogen-bond donors (Lipinski definition) is 2. The molecule has 0 bridgehead atoms. The zero-order valence-corrected chi connectivity index (χ0v) is 19.2. The van der Waals surface area contributed by atoms with Crippen LogP contribution >= 0.6 is 23.4 Å². The molecule has 0 radical (unpaired) electrons. The summed E-state index contributed by atoms with van der Waals surface area (Å²) in [6, 6.07) is 14.6. The summed E-state index contributed by atoms with van der Waals surface area (Å²) in [6.07, 6.45) is 1.84. The van der Waals surface area contributed by atoms with Crippen molar-refractivity contribution < 1.29 is 14.7 Å². The maximum absolute atomic E-state index is 12.5. The Kier molecular flexibility index (Phi) is 5.95. The van der Waals surface area contributed by atoms with Gasteiger partial charge in [-0.3, -0.25) is 4.79 Å². The first-order chi connectivity index (χ1) is 15.2. The number of aromatic nitrogens is 1. The number of carboxylic acid groups (broad SMARTS) is 1. The van der Waals surface area contributed by atoms with Gasteiger partial charge >= 0.3 is 5.97 Å². The molecule has 4 rings (SSSR count). The number of carbonyl (C=O) groups excluding carboxylic acids is 1. The van der Waals surface area contributed by atoms with Crippen molar-refractivity contribution in [2.24, 2.45) is 4.99 Å². The number of aliphatic imine (C=N–C) groups is 1. The number of rotatable bonds is 4. The van der Waals surface area contributed by atoms with Gasteiger partial charge in [-0.2, -0.15) is 0 Å². The first-order valence-electron chi connectivity index (χ1n) is 9.82. The number of amides is 1. The van der Waals surface area contributed by atoms with Crippen molar-refractivity contribution in [2.75, 3.05) is 0 Å². The molecule has 0 atom stereocenters. The average Bonchev–Trinajstić information content (AvgIpc) is 3.21. The molecule has 0 saturated carbocycles. The standard InChI is InChI=1S/C24H20ClN3O3S/c1-13-6-4-5-7-20(13)26-24-27-22(29)21(32-24)11-16-10-14(2)28(15(16)3)17-8-9-18(23(30)31)19(25)12-17/h4-12H,1-3H3,(H,30,31)(H,26,27,29)/b21-11-. The van der Waals surface area contributed by atoms with Gasteiger partial charge in [0.15, 0.2) is 5.17 Å².